The molecule has 2 aromatic carbocycles. The molecular formula is C16H19NO2. The van der Waals surface area contributed by atoms with Gasteiger partial charge in [-0.1, -0.05) is 24.3 Å². The van der Waals surface area contributed by atoms with Crippen LogP contribution in [0.4, 0.5) is 5.69 Å². The Balaban J connectivity index is 1.93. The number of aliphatic hydroxyl groups excluding tert-OH is 1. The summed E-state index contributed by atoms with van der Waals surface area (Å²) in [5, 5.41) is 21.4. The van der Waals surface area contributed by atoms with Crippen LogP contribution in [0.5, 0.6) is 5.75 Å². The van der Waals surface area contributed by atoms with Gasteiger partial charge in [0, 0.05) is 18.8 Å². The maximum atomic E-state index is 9.22. The summed E-state index contributed by atoms with van der Waals surface area (Å²) < 4.78 is 0. The van der Waals surface area contributed by atoms with Gasteiger partial charge in [0.1, 0.15) is 5.75 Å². The third-order valence-corrected chi connectivity index (χ3v) is 2.98. The Hall–Kier alpha value is -2.00. The molecule has 0 aliphatic carbocycles. The van der Waals surface area contributed by atoms with Crippen LogP contribution in [0.15, 0.2) is 48.5 Å². The highest BCUT2D eigenvalue weighted by Crippen LogP contribution is 2.15. The summed E-state index contributed by atoms with van der Waals surface area (Å²) in [5.74, 6) is 0.287. The van der Waals surface area contributed by atoms with Gasteiger partial charge in [0.2, 0.25) is 0 Å². The molecule has 0 amide bonds. The minimum Gasteiger partial charge on any atom is -0.508 e. The first-order chi connectivity index (χ1) is 9.28. The van der Waals surface area contributed by atoms with Crippen LogP contribution in [-0.2, 0) is 13.0 Å². The smallest absolute Gasteiger partial charge is 0.115 e. The van der Waals surface area contributed by atoms with Gasteiger partial charge in [-0.3, -0.25) is 0 Å². The number of rotatable bonds is 6. The van der Waals surface area contributed by atoms with Gasteiger partial charge in [0.05, 0.1) is 0 Å². The molecule has 0 spiro atoms. The van der Waals surface area contributed by atoms with E-state index in [1.165, 1.54) is 5.56 Å². The van der Waals surface area contributed by atoms with Crippen molar-refractivity contribution in [2.24, 2.45) is 0 Å². The van der Waals surface area contributed by atoms with E-state index in [0.717, 1.165) is 30.6 Å². The molecule has 0 unspecified atom stereocenters. The molecule has 0 saturated carbocycles. The number of aromatic hydroxyl groups is 1. The summed E-state index contributed by atoms with van der Waals surface area (Å²) in [6.07, 6.45) is 1.69. The van der Waals surface area contributed by atoms with Gasteiger partial charge in [-0.15, -0.1) is 0 Å². The molecule has 0 bridgehead atoms. The zero-order chi connectivity index (χ0) is 13.5. The first-order valence-electron chi connectivity index (χ1n) is 6.49. The largest absolute Gasteiger partial charge is 0.508 e. The second-order valence-electron chi connectivity index (χ2n) is 4.55. The minimum absolute atomic E-state index is 0.227. The van der Waals surface area contributed by atoms with E-state index in [1.54, 1.807) is 12.1 Å². The van der Waals surface area contributed by atoms with Gasteiger partial charge in [-0.2, -0.15) is 0 Å². The average molecular weight is 257 g/mol. The molecule has 0 aromatic heterocycles. The number of hydrogen-bond donors (Lipinski definition) is 3. The Morgan fingerprint density at radius 1 is 0.947 bits per heavy atom. The zero-order valence-corrected chi connectivity index (χ0v) is 10.8. The molecule has 3 heteroatoms. The molecule has 3 N–H and O–H groups in total. The lowest BCUT2D eigenvalue weighted by Gasteiger charge is -2.08. The zero-order valence-electron chi connectivity index (χ0n) is 10.8. The van der Waals surface area contributed by atoms with Gasteiger partial charge in [-0.05, 0) is 48.2 Å². The van der Waals surface area contributed by atoms with E-state index in [1.807, 2.05) is 24.3 Å². The van der Waals surface area contributed by atoms with E-state index in [2.05, 4.69) is 17.4 Å². The number of phenols is 1. The van der Waals surface area contributed by atoms with Crippen molar-refractivity contribution in [1.29, 1.82) is 0 Å². The van der Waals surface area contributed by atoms with E-state index >= 15 is 0 Å². The van der Waals surface area contributed by atoms with Crippen molar-refractivity contribution in [1.82, 2.24) is 0 Å². The molecule has 0 aliphatic heterocycles. The Bertz CT molecular complexity index is 508. The highest BCUT2D eigenvalue weighted by Gasteiger charge is 1.97. The van der Waals surface area contributed by atoms with Crippen molar-refractivity contribution < 1.29 is 10.2 Å². The summed E-state index contributed by atoms with van der Waals surface area (Å²) in [4.78, 5) is 0. The maximum Gasteiger partial charge on any atom is 0.115 e. The highest BCUT2D eigenvalue weighted by molar-refractivity contribution is 5.46. The predicted octanol–water partition coefficient (Wildman–Crippen LogP) is 2.93. The van der Waals surface area contributed by atoms with Crippen LogP contribution >= 0.6 is 0 Å². The SMILES string of the molecule is OCCCc1cccc(NCc2ccc(O)cc2)c1. The molecular weight excluding hydrogens is 238 g/mol. The maximum absolute atomic E-state index is 9.22. The van der Waals surface area contributed by atoms with Crippen LogP contribution < -0.4 is 5.32 Å². The predicted molar refractivity (Wildman–Crippen MR) is 77.3 cm³/mol. The Morgan fingerprint density at radius 2 is 1.74 bits per heavy atom. The molecule has 2 rings (SSSR count). The lowest BCUT2D eigenvalue weighted by molar-refractivity contribution is 0.288. The van der Waals surface area contributed by atoms with Crippen molar-refractivity contribution in [3.05, 3.63) is 59.7 Å². The molecule has 2 aromatic rings. The van der Waals surface area contributed by atoms with Gasteiger partial charge in [0.25, 0.3) is 0 Å². The Morgan fingerprint density at radius 3 is 2.47 bits per heavy atom. The van der Waals surface area contributed by atoms with Crippen LogP contribution in [0, 0.1) is 0 Å². The monoisotopic (exact) mass is 257 g/mol. The van der Waals surface area contributed by atoms with Crippen molar-refractivity contribution >= 4 is 5.69 Å². The second-order valence-corrected chi connectivity index (χ2v) is 4.55. The van der Waals surface area contributed by atoms with Crippen LogP contribution in [0.2, 0.25) is 0 Å². The number of phenolic OH excluding ortho intramolecular Hbond substituents is 1. The number of benzene rings is 2. The van der Waals surface area contributed by atoms with E-state index in [0.29, 0.717) is 0 Å². The third-order valence-electron chi connectivity index (χ3n) is 2.98. The normalized spacial score (nSPS) is 10.4. The standard InChI is InChI=1S/C16H19NO2/c18-10-2-4-13-3-1-5-15(11-13)17-12-14-6-8-16(19)9-7-14/h1,3,5-9,11,17-19H,2,4,10,12H2. The number of hydrogen-bond acceptors (Lipinski definition) is 3. The molecule has 3 nitrogen and oxygen atoms in total. The van der Waals surface area contributed by atoms with Crippen molar-refractivity contribution in [3.8, 4) is 5.75 Å². The highest BCUT2D eigenvalue weighted by atomic mass is 16.3. The van der Waals surface area contributed by atoms with E-state index in [9.17, 15) is 5.11 Å². The van der Waals surface area contributed by atoms with Gasteiger partial charge < -0.3 is 15.5 Å². The summed E-state index contributed by atoms with van der Waals surface area (Å²) in [6, 6.07) is 15.4. The molecule has 0 heterocycles. The second kappa shape index (κ2) is 6.81. The van der Waals surface area contributed by atoms with Crippen molar-refractivity contribution in [2.45, 2.75) is 19.4 Å². The van der Waals surface area contributed by atoms with E-state index < -0.39 is 0 Å². The van der Waals surface area contributed by atoms with Gasteiger partial charge >= 0.3 is 0 Å². The number of aryl methyl sites for hydroxylation is 1. The third kappa shape index (κ3) is 4.30. The number of aliphatic hydroxyl groups is 1. The Labute approximate surface area is 113 Å². The molecule has 0 saturated heterocycles. The quantitative estimate of drug-likeness (QED) is 0.745. The van der Waals surface area contributed by atoms with Gasteiger partial charge in [-0.25, -0.2) is 0 Å². The molecule has 0 aliphatic rings. The first kappa shape index (κ1) is 13.4. The summed E-state index contributed by atoms with van der Waals surface area (Å²) in [5.41, 5.74) is 3.42. The molecule has 19 heavy (non-hydrogen) atoms. The molecule has 100 valence electrons. The summed E-state index contributed by atoms with van der Waals surface area (Å²) >= 11 is 0. The first-order valence-corrected chi connectivity index (χ1v) is 6.49. The lowest BCUT2D eigenvalue weighted by Crippen LogP contribution is -2.00. The fourth-order valence-corrected chi connectivity index (χ4v) is 1.94. The number of nitrogens with one attached hydrogen (secondary N) is 1. The van der Waals surface area contributed by atoms with Crippen LogP contribution in [-0.4, -0.2) is 16.8 Å². The van der Waals surface area contributed by atoms with E-state index in [-0.39, 0.29) is 12.4 Å². The topological polar surface area (TPSA) is 52.5 Å². The summed E-state index contributed by atoms with van der Waals surface area (Å²) in [6.45, 7) is 0.953. The minimum atomic E-state index is 0.227. The van der Waals surface area contributed by atoms with Crippen LogP contribution in [0.3, 0.4) is 0 Å². The number of anilines is 1. The molecule has 0 atom stereocenters. The fraction of sp³-hybridized carbons (Fsp3) is 0.250. The average Bonchev–Trinajstić information content (AvgIpc) is 2.45. The van der Waals surface area contributed by atoms with Crippen molar-refractivity contribution in [2.75, 3.05) is 11.9 Å². The fourth-order valence-electron chi connectivity index (χ4n) is 1.94. The molecule has 0 radical (unpaired) electrons. The Kier molecular flexibility index (Phi) is 4.81. The molecule has 0 fully saturated rings. The van der Waals surface area contributed by atoms with Crippen LogP contribution in [0.1, 0.15) is 17.5 Å². The van der Waals surface area contributed by atoms with Crippen LogP contribution in [0.25, 0.3) is 0 Å². The summed E-state index contributed by atoms with van der Waals surface area (Å²) in [7, 11) is 0. The van der Waals surface area contributed by atoms with E-state index in [4.69, 9.17) is 5.11 Å². The van der Waals surface area contributed by atoms with Crippen molar-refractivity contribution in [3.63, 3.8) is 0 Å². The lowest BCUT2D eigenvalue weighted by atomic mass is 10.1. The van der Waals surface area contributed by atoms with Gasteiger partial charge in [0.15, 0.2) is 0 Å².